The maximum absolute atomic E-state index is 12.4. The van der Waals surface area contributed by atoms with Crippen LogP contribution in [0.4, 0.5) is 0 Å². The molecule has 0 aromatic heterocycles. The molecule has 0 heterocycles. The maximum atomic E-state index is 12.4. The minimum Gasteiger partial charge on any atom is -0.457 e. The predicted molar refractivity (Wildman–Crippen MR) is 207 cm³/mol. The van der Waals surface area contributed by atoms with Crippen molar-refractivity contribution in [3.8, 4) is 0 Å². The zero-order valence-electron chi connectivity index (χ0n) is 31.8. The minimum atomic E-state index is -4.66. The average Bonchev–Trinajstić information content (AvgIpc) is 3.07. The highest BCUT2D eigenvalue weighted by atomic mass is 31.2. The fraction of sp³-hybridized carbons (Fsp3) is 0.829. The van der Waals surface area contributed by atoms with E-state index in [-0.39, 0.29) is 19.6 Å². The first-order valence-electron chi connectivity index (χ1n) is 20.3. The molecule has 0 fully saturated rings. The van der Waals surface area contributed by atoms with E-state index in [1.807, 2.05) is 0 Å². The molecule has 0 amide bonds. The number of rotatable bonds is 38. The Labute approximate surface area is 302 Å². The first-order valence-corrected chi connectivity index (χ1v) is 21.8. The second kappa shape index (κ2) is 38.0. The molecule has 7 nitrogen and oxygen atoms in total. The predicted octanol–water partition coefficient (Wildman–Crippen LogP) is 12.7. The number of hydrogen-bond donors (Lipinski definition) is 2. The number of allylic oxidation sites excluding steroid dienone is 6. The van der Waals surface area contributed by atoms with E-state index in [1.54, 1.807) is 0 Å². The van der Waals surface area contributed by atoms with E-state index in [9.17, 15) is 9.36 Å². The van der Waals surface area contributed by atoms with E-state index in [2.05, 4.69) is 54.8 Å². The Morgan fingerprint density at radius 3 is 1.43 bits per heavy atom. The Bertz CT molecular complexity index is 836. The van der Waals surface area contributed by atoms with E-state index >= 15 is 0 Å². The van der Waals surface area contributed by atoms with Crippen LogP contribution in [0.5, 0.6) is 0 Å². The van der Waals surface area contributed by atoms with E-state index in [4.69, 9.17) is 19.3 Å². The molecule has 8 heteroatoms. The molecule has 0 aliphatic carbocycles. The van der Waals surface area contributed by atoms with Gasteiger partial charge < -0.3 is 19.3 Å². The summed E-state index contributed by atoms with van der Waals surface area (Å²) in [5, 5.41) is 0. The van der Waals surface area contributed by atoms with E-state index < -0.39 is 19.9 Å². The number of unbranched alkanes of at least 4 members (excludes halogenated alkanes) is 22. The van der Waals surface area contributed by atoms with Gasteiger partial charge in [-0.15, -0.1) is 0 Å². The summed E-state index contributed by atoms with van der Waals surface area (Å²) in [5.74, 6) is -0.397. The molecule has 0 spiro atoms. The van der Waals surface area contributed by atoms with Crippen LogP contribution in [0.25, 0.3) is 0 Å². The van der Waals surface area contributed by atoms with Gasteiger partial charge in [-0.1, -0.05) is 172 Å². The second-order valence-electron chi connectivity index (χ2n) is 13.6. The van der Waals surface area contributed by atoms with Gasteiger partial charge in [-0.25, -0.2) is 4.57 Å². The molecule has 0 rings (SSSR count). The van der Waals surface area contributed by atoms with Crippen molar-refractivity contribution < 1.29 is 33.1 Å². The van der Waals surface area contributed by atoms with Gasteiger partial charge in [0.05, 0.1) is 13.2 Å². The Kier molecular flexibility index (Phi) is 37.0. The van der Waals surface area contributed by atoms with Crippen molar-refractivity contribution in [2.24, 2.45) is 0 Å². The first-order chi connectivity index (χ1) is 23.9. The number of ether oxygens (including phenoxy) is 2. The molecule has 288 valence electrons. The van der Waals surface area contributed by atoms with Gasteiger partial charge in [0.15, 0.2) is 0 Å². The van der Waals surface area contributed by atoms with Crippen molar-refractivity contribution in [1.29, 1.82) is 0 Å². The van der Waals surface area contributed by atoms with Gasteiger partial charge in [0.1, 0.15) is 6.10 Å². The highest BCUT2D eigenvalue weighted by Gasteiger charge is 2.21. The van der Waals surface area contributed by atoms with Crippen LogP contribution in [0, 0.1) is 0 Å². The Morgan fingerprint density at radius 1 is 0.551 bits per heavy atom. The standard InChI is InChI=1S/C41H77O7P/c1-3-5-7-9-11-13-15-17-19-20-21-23-25-27-29-31-33-35-37-46-38-40(39-47-49(43,44)45)48-41(42)36-34-32-30-28-26-24-22-18-16-14-12-10-8-6-4-2/h12,14,18,22,26,28,40H,3-11,13,15-17,19-21,23-25,27,29-39H2,1-2H3,(H2,43,44,45)/b14-12-,22-18-,28-26-/t40-/m1/s1. The Hall–Kier alpha value is -1.24. The van der Waals surface area contributed by atoms with Gasteiger partial charge in [-0.2, -0.15) is 0 Å². The van der Waals surface area contributed by atoms with Crippen molar-refractivity contribution in [2.75, 3.05) is 19.8 Å². The van der Waals surface area contributed by atoms with Crippen molar-refractivity contribution in [3.63, 3.8) is 0 Å². The number of phosphoric acid groups is 1. The summed E-state index contributed by atoms with van der Waals surface area (Å²) < 4.78 is 26.9. The van der Waals surface area contributed by atoms with Crippen molar-refractivity contribution >= 4 is 13.8 Å². The van der Waals surface area contributed by atoms with E-state index in [1.165, 1.54) is 128 Å². The Balaban J connectivity index is 3.84. The van der Waals surface area contributed by atoms with Gasteiger partial charge in [0.25, 0.3) is 0 Å². The van der Waals surface area contributed by atoms with E-state index in [0.29, 0.717) is 13.0 Å². The summed E-state index contributed by atoms with van der Waals surface area (Å²) in [6, 6.07) is 0. The van der Waals surface area contributed by atoms with Crippen LogP contribution in [0.1, 0.15) is 194 Å². The fourth-order valence-corrected chi connectivity index (χ4v) is 6.04. The maximum Gasteiger partial charge on any atom is 0.469 e. The number of carbonyl (C=O) groups excluding carboxylic acids is 1. The van der Waals surface area contributed by atoms with Crippen LogP contribution < -0.4 is 0 Å². The third-order valence-electron chi connectivity index (χ3n) is 8.69. The quantitative estimate of drug-likeness (QED) is 0.0284. The third kappa shape index (κ3) is 41.1. The molecule has 0 saturated heterocycles. The lowest BCUT2D eigenvalue weighted by Crippen LogP contribution is -2.28. The molecule has 0 saturated carbocycles. The monoisotopic (exact) mass is 713 g/mol. The lowest BCUT2D eigenvalue weighted by atomic mass is 10.0. The summed E-state index contributed by atoms with van der Waals surface area (Å²) in [6.45, 7) is 4.70. The molecular formula is C41H77O7P. The van der Waals surface area contributed by atoms with Crippen LogP contribution in [0.3, 0.4) is 0 Å². The van der Waals surface area contributed by atoms with Gasteiger partial charge in [-0.05, 0) is 51.4 Å². The topological polar surface area (TPSA) is 102 Å². The van der Waals surface area contributed by atoms with Crippen molar-refractivity contribution in [3.05, 3.63) is 36.5 Å². The normalized spacial score (nSPS) is 13.0. The molecular weight excluding hydrogens is 635 g/mol. The molecule has 1 atom stereocenters. The SMILES string of the molecule is CCCCC/C=C\C/C=C\C/C=C\CCCCC(=O)O[C@H](COCCCCCCCCCCCCCCCCCCCC)COP(=O)(O)O. The number of hydrogen-bond acceptors (Lipinski definition) is 5. The summed E-state index contributed by atoms with van der Waals surface area (Å²) in [5.41, 5.74) is 0. The van der Waals surface area contributed by atoms with Crippen LogP contribution in [0.2, 0.25) is 0 Å². The molecule has 0 aromatic rings. The van der Waals surface area contributed by atoms with Crippen LogP contribution in [0.15, 0.2) is 36.5 Å². The average molecular weight is 713 g/mol. The van der Waals surface area contributed by atoms with Gasteiger partial charge in [0.2, 0.25) is 0 Å². The molecule has 0 aliphatic rings. The van der Waals surface area contributed by atoms with Gasteiger partial charge in [-0.3, -0.25) is 9.32 Å². The molecule has 0 aromatic carbocycles. The number of carbonyl (C=O) groups is 1. The summed E-state index contributed by atoms with van der Waals surface area (Å²) in [7, 11) is -4.66. The van der Waals surface area contributed by atoms with Gasteiger partial charge >= 0.3 is 13.8 Å². The number of esters is 1. The lowest BCUT2D eigenvalue weighted by molar-refractivity contribution is -0.154. The minimum absolute atomic E-state index is 0.0651. The molecule has 0 radical (unpaired) electrons. The van der Waals surface area contributed by atoms with E-state index in [0.717, 1.165) is 38.5 Å². The van der Waals surface area contributed by atoms with Gasteiger partial charge in [0, 0.05) is 13.0 Å². The molecule has 0 unspecified atom stereocenters. The highest BCUT2D eigenvalue weighted by molar-refractivity contribution is 7.46. The lowest BCUT2D eigenvalue weighted by Gasteiger charge is -2.18. The molecule has 49 heavy (non-hydrogen) atoms. The first kappa shape index (κ1) is 47.8. The van der Waals surface area contributed by atoms with Crippen molar-refractivity contribution in [2.45, 2.75) is 200 Å². The zero-order chi connectivity index (χ0) is 35.9. The summed E-state index contributed by atoms with van der Waals surface area (Å²) in [4.78, 5) is 30.5. The van der Waals surface area contributed by atoms with Crippen molar-refractivity contribution in [1.82, 2.24) is 0 Å². The molecule has 2 N–H and O–H groups in total. The Morgan fingerprint density at radius 2 is 0.959 bits per heavy atom. The summed E-state index contributed by atoms with van der Waals surface area (Å²) in [6.07, 6.45) is 45.7. The molecule has 0 bridgehead atoms. The smallest absolute Gasteiger partial charge is 0.457 e. The molecule has 0 aliphatic heterocycles. The highest BCUT2D eigenvalue weighted by Crippen LogP contribution is 2.36. The van der Waals surface area contributed by atoms with Crippen LogP contribution in [-0.4, -0.2) is 41.7 Å². The van der Waals surface area contributed by atoms with Crippen LogP contribution >= 0.6 is 7.82 Å². The summed E-state index contributed by atoms with van der Waals surface area (Å²) >= 11 is 0. The zero-order valence-corrected chi connectivity index (χ0v) is 32.7. The van der Waals surface area contributed by atoms with Crippen LogP contribution in [-0.2, 0) is 23.4 Å². The third-order valence-corrected chi connectivity index (χ3v) is 9.18. The number of phosphoric ester groups is 1. The second-order valence-corrected chi connectivity index (χ2v) is 14.9. The fourth-order valence-electron chi connectivity index (χ4n) is 5.68. The largest absolute Gasteiger partial charge is 0.469 e.